The van der Waals surface area contributed by atoms with Crippen molar-refractivity contribution in [3.8, 4) is 0 Å². The van der Waals surface area contributed by atoms with Gasteiger partial charge in [-0.05, 0) is 23.4 Å². The monoisotopic (exact) mass is 221 g/mol. The van der Waals surface area contributed by atoms with E-state index in [1.807, 2.05) is 28.3 Å². The molecule has 0 saturated heterocycles. The molecule has 0 N–H and O–H groups in total. The van der Waals surface area contributed by atoms with Crippen molar-refractivity contribution in [2.45, 2.75) is 26.8 Å². The normalized spacial score (nSPS) is 13.2. The van der Waals surface area contributed by atoms with Gasteiger partial charge >= 0.3 is 0 Å². The van der Waals surface area contributed by atoms with Gasteiger partial charge in [-0.3, -0.25) is 4.79 Å². The van der Waals surface area contributed by atoms with E-state index >= 15 is 0 Å². The molecule has 0 aromatic carbocycles. The quantitative estimate of drug-likeness (QED) is 0.780. The molecule has 0 aliphatic heterocycles. The predicted octanol–water partition coefficient (Wildman–Crippen LogP) is 3.11. The first-order valence-corrected chi connectivity index (χ1v) is 6.17. The Hall–Kier alpha value is -1.09. The van der Waals surface area contributed by atoms with Gasteiger partial charge in [-0.25, -0.2) is 0 Å². The molecule has 80 valence electrons. The molecule has 0 aliphatic carbocycles. The van der Waals surface area contributed by atoms with Crippen LogP contribution in [0.2, 0.25) is 0 Å². The van der Waals surface area contributed by atoms with Crippen molar-refractivity contribution >= 4 is 21.4 Å². The van der Waals surface area contributed by atoms with Gasteiger partial charge in [-0.15, -0.1) is 11.3 Å². The van der Waals surface area contributed by atoms with Gasteiger partial charge in [0.05, 0.1) is 5.39 Å². The summed E-state index contributed by atoms with van der Waals surface area (Å²) in [6.07, 6.45) is 3.02. The van der Waals surface area contributed by atoms with Crippen molar-refractivity contribution in [3.05, 3.63) is 34.1 Å². The fraction of sp³-hybridized carbons (Fsp3) is 0.417. The van der Waals surface area contributed by atoms with Crippen molar-refractivity contribution < 1.29 is 0 Å². The van der Waals surface area contributed by atoms with Gasteiger partial charge in [0.1, 0.15) is 0 Å². The van der Waals surface area contributed by atoms with Gasteiger partial charge in [-0.2, -0.15) is 0 Å². The smallest absolute Gasteiger partial charge is 0.259 e. The molecule has 3 heteroatoms. The van der Waals surface area contributed by atoms with E-state index in [1.54, 1.807) is 11.3 Å². The Labute approximate surface area is 93.2 Å². The minimum Gasteiger partial charge on any atom is -0.315 e. The van der Waals surface area contributed by atoms with Crippen LogP contribution in [-0.4, -0.2) is 4.57 Å². The average Bonchev–Trinajstić information content (AvgIpc) is 2.70. The Kier molecular flexibility index (Phi) is 2.91. The maximum absolute atomic E-state index is 12.0. The number of thiophene rings is 1. The largest absolute Gasteiger partial charge is 0.315 e. The second-order valence-corrected chi connectivity index (χ2v) is 4.93. The summed E-state index contributed by atoms with van der Waals surface area (Å²) in [5.74, 6) is 0.554. The lowest BCUT2D eigenvalue weighted by Crippen LogP contribution is -2.21. The zero-order chi connectivity index (χ0) is 10.8. The molecule has 2 aromatic heterocycles. The highest BCUT2D eigenvalue weighted by Crippen LogP contribution is 2.16. The topological polar surface area (TPSA) is 22.0 Å². The van der Waals surface area contributed by atoms with Gasteiger partial charge in [0, 0.05) is 17.4 Å². The van der Waals surface area contributed by atoms with E-state index in [4.69, 9.17) is 0 Å². The van der Waals surface area contributed by atoms with E-state index in [-0.39, 0.29) is 5.56 Å². The lowest BCUT2D eigenvalue weighted by atomic mass is 10.1. The van der Waals surface area contributed by atoms with Crippen molar-refractivity contribution in [2.24, 2.45) is 5.92 Å². The van der Waals surface area contributed by atoms with Gasteiger partial charge in [0.25, 0.3) is 5.56 Å². The Balaban J connectivity index is 2.44. The second kappa shape index (κ2) is 4.19. The molecule has 1 unspecified atom stereocenters. The lowest BCUT2D eigenvalue weighted by Gasteiger charge is -2.10. The van der Waals surface area contributed by atoms with E-state index in [2.05, 4.69) is 13.8 Å². The van der Waals surface area contributed by atoms with Gasteiger partial charge in [0.15, 0.2) is 0 Å². The van der Waals surface area contributed by atoms with Crippen molar-refractivity contribution in [3.63, 3.8) is 0 Å². The summed E-state index contributed by atoms with van der Waals surface area (Å²) >= 11 is 1.62. The van der Waals surface area contributed by atoms with E-state index < -0.39 is 0 Å². The van der Waals surface area contributed by atoms with Crippen LogP contribution in [0.4, 0.5) is 0 Å². The number of nitrogens with zero attached hydrogens (tertiary/aromatic N) is 1. The molecule has 0 aliphatic rings. The molecule has 0 saturated carbocycles. The maximum Gasteiger partial charge on any atom is 0.259 e. The predicted molar refractivity (Wildman–Crippen MR) is 65.5 cm³/mol. The third-order valence-electron chi connectivity index (χ3n) is 2.80. The number of hydrogen-bond acceptors (Lipinski definition) is 2. The third-order valence-corrected chi connectivity index (χ3v) is 3.68. The van der Waals surface area contributed by atoms with Gasteiger partial charge in [0.2, 0.25) is 0 Å². The first kappa shape index (κ1) is 10.4. The second-order valence-electron chi connectivity index (χ2n) is 3.99. The first-order chi connectivity index (χ1) is 7.22. The van der Waals surface area contributed by atoms with E-state index in [0.29, 0.717) is 5.92 Å². The van der Waals surface area contributed by atoms with Crippen LogP contribution >= 0.6 is 11.3 Å². The summed E-state index contributed by atoms with van der Waals surface area (Å²) in [6, 6.07) is 3.94. The van der Waals surface area contributed by atoms with Crippen LogP contribution in [0.5, 0.6) is 0 Å². The molecule has 0 fully saturated rings. The Morgan fingerprint density at radius 1 is 1.47 bits per heavy atom. The van der Waals surface area contributed by atoms with Crippen LogP contribution in [-0.2, 0) is 6.54 Å². The highest BCUT2D eigenvalue weighted by atomic mass is 32.1. The molecule has 1 atom stereocenters. The average molecular weight is 221 g/mol. The molecule has 0 amide bonds. The SMILES string of the molecule is CCC(C)Cn1ccc2sccc2c1=O. The highest BCUT2D eigenvalue weighted by molar-refractivity contribution is 7.17. The van der Waals surface area contributed by atoms with Crippen molar-refractivity contribution in [1.29, 1.82) is 0 Å². The van der Waals surface area contributed by atoms with Crippen LogP contribution in [0, 0.1) is 5.92 Å². The van der Waals surface area contributed by atoms with E-state index in [1.165, 1.54) is 0 Å². The fourth-order valence-corrected chi connectivity index (χ4v) is 2.39. The first-order valence-electron chi connectivity index (χ1n) is 5.29. The molecule has 15 heavy (non-hydrogen) atoms. The van der Waals surface area contributed by atoms with Crippen molar-refractivity contribution in [2.75, 3.05) is 0 Å². The molecule has 2 aromatic rings. The summed E-state index contributed by atoms with van der Waals surface area (Å²) in [7, 11) is 0. The molecule has 0 bridgehead atoms. The molecule has 0 radical (unpaired) electrons. The summed E-state index contributed by atoms with van der Waals surface area (Å²) in [5, 5.41) is 2.82. The van der Waals surface area contributed by atoms with Crippen LogP contribution in [0.25, 0.3) is 10.1 Å². The molecular weight excluding hydrogens is 206 g/mol. The summed E-state index contributed by atoms with van der Waals surface area (Å²) in [6.45, 7) is 5.14. The summed E-state index contributed by atoms with van der Waals surface area (Å²) in [5.41, 5.74) is 0.147. The molecule has 2 nitrogen and oxygen atoms in total. The molecular formula is C12H15NOS. The van der Waals surface area contributed by atoms with Gasteiger partial charge in [-0.1, -0.05) is 20.3 Å². The minimum atomic E-state index is 0.147. The molecule has 2 rings (SSSR count). The lowest BCUT2D eigenvalue weighted by molar-refractivity contribution is 0.461. The van der Waals surface area contributed by atoms with Crippen LogP contribution < -0.4 is 5.56 Å². The molecule has 0 spiro atoms. The number of hydrogen-bond donors (Lipinski definition) is 0. The Morgan fingerprint density at radius 2 is 2.27 bits per heavy atom. The third kappa shape index (κ3) is 1.97. The Morgan fingerprint density at radius 3 is 3.00 bits per heavy atom. The maximum atomic E-state index is 12.0. The number of rotatable bonds is 3. The van der Waals surface area contributed by atoms with Crippen LogP contribution in [0.15, 0.2) is 28.5 Å². The standard InChI is InChI=1S/C12H15NOS/c1-3-9(2)8-13-6-4-11-10(12(13)14)5-7-15-11/h4-7,9H,3,8H2,1-2H3. The summed E-state index contributed by atoms with van der Waals surface area (Å²) in [4.78, 5) is 12.0. The number of pyridine rings is 1. The van der Waals surface area contributed by atoms with E-state index in [9.17, 15) is 4.79 Å². The van der Waals surface area contributed by atoms with Crippen LogP contribution in [0.3, 0.4) is 0 Å². The minimum absolute atomic E-state index is 0.147. The molecule has 2 heterocycles. The fourth-order valence-electron chi connectivity index (χ4n) is 1.62. The van der Waals surface area contributed by atoms with Crippen molar-refractivity contribution in [1.82, 2.24) is 4.57 Å². The Bertz CT molecular complexity index is 512. The van der Waals surface area contributed by atoms with Crippen LogP contribution in [0.1, 0.15) is 20.3 Å². The highest BCUT2D eigenvalue weighted by Gasteiger charge is 2.05. The number of aromatic nitrogens is 1. The summed E-state index contributed by atoms with van der Waals surface area (Å²) < 4.78 is 2.91. The number of fused-ring (bicyclic) bond motifs is 1. The van der Waals surface area contributed by atoms with E-state index in [0.717, 1.165) is 23.1 Å². The van der Waals surface area contributed by atoms with Gasteiger partial charge < -0.3 is 4.57 Å². The zero-order valence-corrected chi connectivity index (χ0v) is 9.88. The zero-order valence-electron chi connectivity index (χ0n) is 9.06.